The number of H-pyrrole nitrogens is 1. The van der Waals surface area contributed by atoms with Crippen molar-refractivity contribution in [3.8, 4) is 0 Å². The number of aryl methyl sites for hydroxylation is 2. The number of rotatable bonds is 5. The van der Waals surface area contributed by atoms with E-state index in [1.165, 1.54) is 58.8 Å². The number of hydrogen-bond acceptors (Lipinski definition) is 0. The van der Waals surface area contributed by atoms with Crippen molar-refractivity contribution in [1.82, 2.24) is 4.98 Å². The molecule has 2 aromatic rings. The minimum absolute atomic E-state index is 1.08. The molecule has 1 nitrogen and oxygen atoms in total. The van der Waals surface area contributed by atoms with Crippen molar-refractivity contribution >= 4 is 16.5 Å². The van der Waals surface area contributed by atoms with E-state index in [1.807, 2.05) is 0 Å². The molecule has 0 saturated heterocycles. The van der Waals surface area contributed by atoms with Crippen LogP contribution in [0.3, 0.4) is 0 Å². The van der Waals surface area contributed by atoms with Crippen LogP contribution in [0.25, 0.3) is 16.5 Å². The standard InChI is InChI=1S/C20H25N/c1-5-16(17-8-9-17)7-6-14(3)18-12-21-19-11-13(2)10-15(4)20(18)19/h10-12,21H,3,5-9H2,1-2,4H3. The number of fused-ring (bicyclic) bond motifs is 1. The molecule has 1 aliphatic rings. The quantitative estimate of drug-likeness (QED) is 0.638. The van der Waals surface area contributed by atoms with Crippen LogP contribution in [-0.2, 0) is 0 Å². The number of aromatic nitrogens is 1. The molecule has 1 aromatic carbocycles. The highest BCUT2D eigenvalue weighted by Crippen LogP contribution is 2.37. The Morgan fingerprint density at radius 1 is 1.19 bits per heavy atom. The topological polar surface area (TPSA) is 15.8 Å². The Morgan fingerprint density at radius 3 is 2.62 bits per heavy atom. The van der Waals surface area contributed by atoms with Crippen LogP contribution in [-0.4, -0.2) is 4.98 Å². The van der Waals surface area contributed by atoms with Crippen molar-refractivity contribution in [2.45, 2.75) is 52.9 Å². The molecule has 0 aliphatic heterocycles. The molecule has 1 aliphatic carbocycles. The Balaban J connectivity index is 1.83. The van der Waals surface area contributed by atoms with Crippen LogP contribution >= 0.6 is 0 Å². The van der Waals surface area contributed by atoms with Gasteiger partial charge in [-0.15, -0.1) is 0 Å². The van der Waals surface area contributed by atoms with E-state index < -0.39 is 0 Å². The zero-order chi connectivity index (χ0) is 15.0. The van der Waals surface area contributed by atoms with Gasteiger partial charge in [0.05, 0.1) is 0 Å². The smallest absolute Gasteiger partial charge is 0.0465 e. The second-order valence-electron chi connectivity index (χ2n) is 6.37. The minimum Gasteiger partial charge on any atom is -0.361 e. The lowest BCUT2D eigenvalue weighted by Crippen LogP contribution is -1.88. The van der Waals surface area contributed by atoms with Crippen LogP contribution in [0.4, 0.5) is 0 Å². The summed E-state index contributed by atoms with van der Waals surface area (Å²) < 4.78 is 0. The molecular weight excluding hydrogens is 254 g/mol. The van der Waals surface area contributed by atoms with E-state index in [0.717, 1.165) is 6.42 Å². The molecule has 0 amide bonds. The molecule has 0 bridgehead atoms. The second kappa shape index (κ2) is 5.55. The first-order valence-electron chi connectivity index (χ1n) is 8.06. The molecule has 1 fully saturated rings. The van der Waals surface area contributed by atoms with Gasteiger partial charge in [-0.1, -0.05) is 30.7 Å². The van der Waals surface area contributed by atoms with Gasteiger partial charge >= 0.3 is 0 Å². The van der Waals surface area contributed by atoms with Gasteiger partial charge in [0.25, 0.3) is 0 Å². The number of benzene rings is 1. The van der Waals surface area contributed by atoms with Crippen molar-refractivity contribution in [3.63, 3.8) is 0 Å². The molecule has 0 atom stereocenters. The maximum absolute atomic E-state index is 4.35. The summed E-state index contributed by atoms with van der Waals surface area (Å²) in [6.07, 6.45) is 8.27. The first kappa shape index (κ1) is 14.2. The fraction of sp³-hybridized carbons (Fsp3) is 0.400. The molecule has 0 radical (unpaired) electrons. The van der Waals surface area contributed by atoms with Gasteiger partial charge in [-0.25, -0.2) is 0 Å². The zero-order valence-corrected chi connectivity index (χ0v) is 13.5. The first-order chi connectivity index (χ1) is 10.1. The summed E-state index contributed by atoms with van der Waals surface area (Å²) in [5.41, 5.74) is 9.84. The van der Waals surface area contributed by atoms with E-state index in [9.17, 15) is 0 Å². The van der Waals surface area contributed by atoms with Crippen LogP contribution in [0.5, 0.6) is 0 Å². The molecule has 1 heterocycles. The van der Waals surface area contributed by atoms with Crippen LogP contribution in [0.15, 0.2) is 36.1 Å². The summed E-state index contributed by atoms with van der Waals surface area (Å²) in [5, 5.41) is 1.35. The lowest BCUT2D eigenvalue weighted by atomic mass is 9.95. The van der Waals surface area contributed by atoms with Gasteiger partial charge in [0.1, 0.15) is 0 Å². The molecule has 0 spiro atoms. The van der Waals surface area contributed by atoms with E-state index in [2.05, 4.69) is 50.7 Å². The summed E-state index contributed by atoms with van der Waals surface area (Å²) in [6.45, 7) is 11.0. The van der Waals surface area contributed by atoms with Crippen LogP contribution in [0.1, 0.15) is 55.7 Å². The fourth-order valence-corrected chi connectivity index (χ4v) is 3.40. The van der Waals surface area contributed by atoms with Gasteiger partial charge in [-0.2, -0.15) is 0 Å². The van der Waals surface area contributed by atoms with E-state index in [0.29, 0.717) is 0 Å². The third-order valence-electron chi connectivity index (χ3n) is 4.66. The monoisotopic (exact) mass is 279 g/mol. The molecular formula is C20H25N. The molecule has 1 N–H and O–H groups in total. The highest BCUT2D eigenvalue weighted by Gasteiger charge is 2.17. The van der Waals surface area contributed by atoms with Crippen molar-refractivity contribution in [2.75, 3.05) is 0 Å². The third-order valence-corrected chi connectivity index (χ3v) is 4.66. The molecule has 1 heteroatoms. The molecule has 21 heavy (non-hydrogen) atoms. The van der Waals surface area contributed by atoms with Crippen molar-refractivity contribution in [2.24, 2.45) is 0 Å². The number of aromatic amines is 1. The molecule has 3 rings (SSSR count). The lowest BCUT2D eigenvalue weighted by Gasteiger charge is -2.09. The van der Waals surface area contributed by atoms with E-state index in [-0.39, 0.29) is 0 Å². The highest BCUT2D eigenvalue weighted by atomic mass is 14.7. The van der Waals surface area contributed by atoms with Crippen molar-refractivity contribution < 1.29 is 0 Å². The Labute approximate surface area is 127 Å². The van der Waals surface area contributed by atoms with Crippen molar-refractivity contribution in [3.05, 3.63) is 52.7 Å². The van der Waals surface area contributed by atoms with Crippen LogP contribution in [0, 0.1) is 13.8 Å². The Kier molecular flexibility index (Phi) is 3.75. The summed E-state index contributed by atoms with van der Waals surface area (Å²) in [6, 6.07) is 4.49. The largest absolute Gasteiger partial charge is 0.361 e. The van der Waals surface area contributed by atoms with Crippen LogP contribution in [0.2, 0.25) is 0 Å². The molecule has 0 unspecified atom stereocenters. The highest BCUT2D eigenvalue weighted by molar-refractivity contribution is 5.94. The van der Waals surface area contributed by atoms with Crippen LogP contribution < -0.4 is 0 Å². The van der Waals surface area contributed by atoms with Gasteiger partial charge in [-0.05, 0) is 68.7 Å². The summed E-state index contributed by atoms with van der Waals surface area (Å²) in [5.74, 6) is 0. The Morgan fingerprint density at radius 2 is 1.95 bits per heavy atom. The normalized spacial score (nSPS) is 13.8. The predicted octanol–water partition coefficient (Wildman–Crippen LogP) is 6.08. The summed E-state index contributed by atoms with van der Waals surface area (Å²) >= 11 is 0. The van der Waals surface area contributed by atoms with E-state index in [1.54, 1.807) is 11.1 Å². The maximum Gasteiger partial charge on any atom is 0.0465 e. The fourth-order valence-electron chi connectivity index (χ4n) is 3.40. The Hall–Kier alpha value is -1.76. The summed E-state index contributed by atoms with van der Waals surface area (Å²) in [4.78, 5) is 3.41. The zero-order valence-electron chi connectivity index (χ0n) is 13.5. The number of nitrogens with one attached hydrogen (secondary N) is 1. The molecule has 1 saturated carbocycles. The van der Waals surface area contributed by atoms with Gasteiger partial charge in [-0.3, -0.25) is 0 Å². The third kappa shape index (κ3) is 2.83. The van der Waals surface area contributed by atoms with E-state index in [4.69, 9.17) is 0 Å². The van der Waals surface area contributed by atoms with Gasteiger partial charge in [0.2, 0.25) is 0 Å². The Bertz CT molecular complexity index is 722. The average molecular weight is 279 g/mol. The molecule has 1 aromatic heterocycles. The minimum atomic E-state index is 1.08. The number of allylic oxidation sites excluding steroid dienone is 3. The predicted molar refractivity (Wildman–Crippen MR) is 92.6 cm³/mol. The van der Waals surface area contributed by atoms with Crippen molar-refractivity contribution in [1.29, 1.82) is 0 Å². The second-order valence-corrected chi connectivity index (χ2v) is 6.37. The van der Waals surface area contributed by atoms with E-state index >= 15 is 0 Å². The maximum atomic E-state index is 4.35. The van der Waals surface area contributed by atoms with Gasteiger partial charge in [0, 0.05) is 22.7 Å². The van der Waals surface area contributed by atoms with Gasteiger partial charge < -0.3 is 4.98 Å². The summed E-state index contributed by atoms with van der Waals surface area (Å²) in [7, 11) is 0. The van der Waals surface area contributed by atoms with Gasteiger partial charge in [0.15, 0.2) is 0 Å². The number of hydrogen-bond donors (Lipinski definition) is 1. The molecule has 110 valence electrons. The SMILES string of the molecule is C=C(CCC(CC)=C1CC1)c1c[nH]c2cc(C)cc(C)c12. The lowest BCUT2D eigenvalue weighted by molar-refractivity contribution is 0.912. The average Bonchev–Trinajstić information content (AvgIpc) is 3.18. The first-order valence-corrected chi connectivity index (χ1v) is 8.06.